The molecule has 37 heavy (non-hydrogen) atoms. The van der Waals surface area contributed by atoms with Crippen molar-refractivity contribution in [1.29, 1.82) is 5.41 Å². The number of aryl methyl sites for hydroxylation is 1. The summed E-state index contributed by atoms with van der Waals surface area (Å²) in [5.74, 6) is 0. The lowest BCUT2D eigenvalue weighted by Crippen LogP contribution is -2.24. The first kappa shape index (κ1) is 23.6. The van der Waals surface area contributed by atoms with Crippen LogP contribution in [0.2, 0.25) is 0 Å². The lowest BCUT2D eigenvalue weighted by Gasteiger charge is -2.17. The van der Waals surface area contributed by atoms with Crippen LogP contribution in [0.15, 0.2) is 77.7 Å². The van der Waals surface area contributed by atoms with Gasteiger partial charge in [-0.3, -0.25) is 0 Å². The van der Waals surface area contributed by atoms with Gasteiger partial charge in [0, 0.05) is 23.5 Å². The third-order valence-corrected chi connectivity index (χ3v) is 7.93. The summed E-state index contributed by atoms with van der Waals surface area (Å²) in [5.41, 5.74) is 7.83. The van der Waals surface area contributed by atoms with Crippen molar-refractivity contribution in [2.45, 2.75) is 37.5 Å². The quantitative estimate of drug-likeness (QED) is 0.294. The number of nitrogens with one attached hydrogen (secondary N) is 1. The molecule has 188 valence electrons. The molecule has 8 nitrogen and oxygen atoms in total. The highest BCUT2D eigenvalue weighted by atomic mass is 32.2. The van der Waals surface area contributed by atoms with E-state index in [9.17, 15) is 8.42 Å². The van der Waals surface area contributed by atoms with Gasteiger partial charge in [0.1, 0.15) is 6.10 Å². The van der Waals surface area contributed by atoms with Gasteiger partial charge >= 0.3 is 0 Å². The smallest absolute Gasteiger partial charge is 0.238 e. The number of benzene rings is 3. The number of hydrogen-bond acceptors (Lipinski definition) is 6. The van der Waals surface area contributed by atoms with Gasteiger partial charge in [0.05, 0.1) is 22.0 Å². The normalized spacial score (nSPS) is 18.6. The Bertz CT molecular complexity index is 1660. The number of nitrogens with two attached hydrogens (primary N) is 1. The zero-order valence-corrected chi connectivity index (χ0v) is 21.4. The molecule has 6 rings (SSSR count). The Balaban J connectivity index is 1.28. The second-order valence-corrected chi connectivity index (χ2v) is 11.1. The van der Waals surface area contributed by atoms with E-state index in [2.05, 4.69) is 17.0 Å². The van der Waals surface area contributed by atoms with Crippen LogP contribution in [0.5, 0.6) is 0 Å². The summed E-state index contributed by atoms with van der Waals surface area (Å²) in [4.78, 5) is 2.39. The highest BCUT2D eigenvalue weighted by molar-refractivity contribution is 7.89. The van der Waals surface area contributed by atoms with Gasteiger partial charge in [-0.15, -0.1) is 0 Å². The van der Waals surface area contributed by atoms with Crippen LogP contribution >= 0.6 is 0 Å². The van der Waals surface area contributed by atoms with E-state index >= 15 is 0 Å². The molecule has 2 aliphatic rings. The Morgan fingerprint density at radius 1 is 1.08 bits per heavy atom. The third-order valence-electron chi connectivity index (χ3n) is 6.97. The number of primary sulfonamides is 1. The van der Waals surface area contributed by atoms with Crippen molar-refractivity contribution in [2.75, 3.05) is 11.4 Å². The first-order valence-corrected chi connectivity index (χ1v) is 13.6. The Kier molecular flexibility index (Phi) is 5.52. The number of aromatic nitrogens is 2. The molecule has 0 radical (unpaired) electrons. The Hall–Kier alpha value is -3.79. The second-order valence-electron chi connectivity index (χ2n) is 9.57. The molecule has 2 aliphatic heterocycles. The van der Waals surface area contributed by atoms with Gasteiger partial charge in [-0.25, -0.2) is 18.2 Å². The van der Waals surface area contributed by atoms with Crippen molar-refractivity contribution >= 4 is 21.4 Å². The van der Waals surface area contributed by atoms with Crippen molar-refractivity contribution in [3.63, 3.8) is 0 Å². The molecule has 2 unspecified atom stereocenters. The molecule has 3 heterocycles. The fourth-order valence-corrected chi connectivity index (χ4v) is 5.93. The molecule has 0 amide bonds. The van der Waals surface area contributed by atoms with Crippen LogP contribution < -0.4 is 10.0 Å². The van der Waals surface area contributed by atoms with Crippen LogP contribution in [0.4, 0.5) is 5.69 Å². The molecule has 3 aromatic carbocycles. The summed E-state index contributed by atoms with van der Waals surface area (Å²) in [7, 11) is -3.83. The first-order chi connectivity index (χ1) is 17.7. The van der Waals surface area contributed by atoms with Crippen LogP contribution in [-0.2, 0) is 21.2 Å². The summed E-state index contributed by atoms with van der Waals surface area (Å²) in [6, 6.07) is 22.7. The fraction of sp³-hybridized carbons (Fsp3) is 0.214. The van der Waals surface area contributed by atoms with Crippen LogP contribution in [-0.4, -0.2) is 36.7 Å². The molecule has 9 heteroatoms. The van der Waals surface area contributed by atoms with Gasteiger partial charge < -0.3 is 15.0 Å². The molecule has 1 aromatic heterocycles. The van der Waals surface area contributed by atoms with Gasteiger partial charge in [-0.2, -0.15) is 5.10 Å². The van der Waals surface area contributed by atoms with E-state index in [1.54, 1.807) is 19.1 Å². The molecule has 1 fully saturated rings. The summed E-state index contributed by atoms with van der Waals surface area (Å²) in [5, 5.41) is 18.1. The van der Waals surface area contributed by atoms with Crippen LogP contribution in [0.1, 0.15) is 35.5 Å². The monoisotopic (exact) mass is 513 g/mol. The zero-order chi connectivity index (χ0) is 25.9. The summed E-state index contributed by atoms with van der Waals surface area (Å²) >= 11 is 0. The summed E-state index contributed by atoms with van der Waals surface area (Å²) in [6.45, 7) is 4.56. The lowest BCUT2D eigenvalue weighted by molar-refractivity contribution is 0.364. The Morgan fingerprint density at radius 3 is 2.68 bits per heavy atom. The Morgan fingerprint density at radius 2 is 1.89 bits per heavy atom. The van der Waals surface area contributed by atoms with E-state index in [4.69, 9.17) is 20.4 Å². The molecule has 0 aliphatic carbocycles. The maximum atomic E-state index is 12.1. The van der Waals surface area contributed by atoms with Crippen molar-refractivity contribution in [3.05, 3.63) is 95.3 Å². The SMILES string of the molecule is CC(=N)c1cccc(-n2nc(C)cc2C2OC2N2CCc3cc(-c4ccccc4S(N)(=O)=O)ccc32)c1. The lowest BCUT2D eigenvalue weighted by atomic mass is 10.0. The number of sulfonamides is 1. The van der Waals surface area contributed by atoms with E-state index in [0.717, 1.165) is 52.4 Å². The molecule has 4 aromatic rings. The average Bonchev–Trinajstić information content (AvgIpc) is 3.39. The summed E-state index contributed by atoms with van der Waals surface area (Å²) < 4.78 is 32.3. The van der Waals surface area contributed by atoms with Crippen molar-refractivity contribution in [3.8, 4) is 16.8 Å². The maximum absolute atomic E-state index is 12.1. The van der Waals surface area contributed by atoms with Crippen LogP contribution in [0, 0.1) is 12.3 Å². The molecule has 1 saturated heterocycles. The fourth-order valence-electron chi connectivity index (χ4n) is 5.17. The number of rotatable bonds is 6. The predicted octanol–water partition coefficient (Wildman–Crippen LogP) is 4.34. The maximum Gasteiger partial charge on any atom is 0.238 e. The summed E-state index contributed by atoms with van der Waals surface area (Å²) in [6.07, 6.45) is 0.609. The van der Waals surface area contributed by atoms with Crippen LogP contribution in [0.25, 0.3) is 16.8 Å². The average molecular weight is 514 g/mol. The number of hydrogen-bond donors (Lipinski definition) is 2. The number of anilines is 1. The van der Waals surface area contributed by atoms with Crippen molar-refractivity contribution in [1.82, 2.24) is 9.78 Å². The van der Waals surface area contributed by atoms with Crippen molar-refractivity contribution < 1.29 is 13.2 Å². The molecule has 0 saturated carbocycles. The van der Waals surface area contributed by atoms with Crippen molar-refractivity contribution in [2.24, 2.45) is 5.14 Å². The van der Waals surface area contributed by atoms with E-state index in [1.807, 2.05) is 54.1 Å². The van der Waals surface area contributed by atoms with Gasteiger partial charge in [0.2, 0.25) is 10.0 Å². The molecule has 2 atom stereocenters. The molecular formula is C28H27N5O3S. The minimum atomic E-state index is -3.83. The highest BCUT2D eigenvalue weighted by Gasteiger charge is 2.48. The van der Waals surface area contributed by atoms with E-state index < -0.39 is 10.0 Å². The first-order valence-electron chi connectivity index (χ1n) is 12.1. The van der Waals surface area contributed by atoms with E-state index in [-0.39, 0.29) is 17.2 Å². The van der Waals surface area contributed by atoms with E-state index in [0.29, 0.717) is 11.3 Å². The second kappa shape index (κ2) is 8.65. The zero-order valence-electron chi connectivity index (χ0n) is 20.5. The van der Waals surface area contributed by atoms with Gasteiger partial charge in [-0.05, 0) is 73.4 Å². The van der Waals surface area contributed by atoms with Gasteiger partial charge in [0.15, 0.2) is 6.23 Å². The number of ether oxygens (including phenoxy) is 1. The van der Waals surface area contributed by atoms with Gasteiger partial charge in [-0.1, -0.05) is 36.4 Å². The Labute approximate surface area is 215 Å². The predicted molar refractivity (Wildman–Crippen MR) is 143 cm³/mol. The standard InChI is InChI=1S/C28H27N5O3S/c1-17-14-25(33(31-17)22-7-5-6-19(16-22)18(2)29)27-28(36-27)32-13-12-21-15-20(10-11-24(21)32)23-8-3-4-9-26(23)37(30,34)35/h3-11,14-16,27-29H,12-13H2,1-2H3,(H2,30,34,35). The third kappa shape index (κ3) is 4.25. The van der Waals surface area contributed by atoms with Crippen LogP contribution in [0.3, 0.4) is 0 Å². The number of epoxide rings is 1. The molecule has 0 bridgehead atoms. The van der Waals surface area contributed by atoms with E-state index in [1.165, 1.54) is 6.07 Å². The highest BCUT2D eigenvalue weighted by Crippen LogP contribution is 2.47. The largest absolute Gasteiger partial charge is 0.343 e. The molecule has 3 N–H and O–H groups in total. The molecule has 0 spiro atoms. The topological polar surface area (TPSA) is 118 Å². The van der Waals surface area contributed by atoms with Gasteiger partial charge in [0.25, 0.3) is 0 Å². The number of nitrogens with zero attached hydrogens (tertiary/aromatic N) is 3. The minimum absolute atomic E-state index is 0.105. The molecular weight excluding hydrogens is 486 g/mol. The minimum Gasteiger partial charge on any atom is -0.343 e. The number of fused-ring (bicyclic) bond motifs is 1.